The summed E-state index contributed by atoms with van der Waals surface area (Å²) >= 11 is 0. The zero-order valence-corrected chi connectivity index (χ0v) is 11.2. The number of nitrogens with zero attached hydrogens (tertiary/aromatic N) is 2. The van der Waals surface area contributed by atoms with Crippen molar-refractivity contribution in [2.45, 2.75) is 58.3 Å². The van der Waals surface area contributed by atoms with E-state index in [9.17, 15) is 0 Å². The summed E-state index contributed by atoms with van der Waals surface area (Å²) in [6, 6.07) is 5.94. The Morgan fingerprint density at radius 1 is 1.24 bits per heavy atom. The van der Waals surface area contributed by atoms with Crippen molar-refractivity contribution in [3.8, 4) is 6.07 Å². The maximum Gasteiger partial charge on any atom is 0.101 e. The molecule has 0 unspecified atom stereocenters. The zero-order valence-electron chi connectivity index (χ0n) is 11.2. The first kappa shape index (κ1) is 13.7. The highest BCUT2D eigenvalue weighted by molar-refractivity contribution is 5.28. The summed E-state index contributed by atoms with van der Waals surface area (Å²) in [6.45, 7) is 6.69. The van der Waals surface area contributed by atoms with Crippen LogP contribution in [-0.2, 0) is 5.41 Å². The summed E-state index contributed by atoms with van der Waals surface area (Å²) in [5.41, 5.74) is 1.84. The van der Waals surface area contributed by atoms with Crippen LogP contribution in [0, 0.1) is 11.3 Å². The van der Waals surface area contributed by atoms with Gasteiger partial charge in [0.2, 0.25) is 0 Å². The maximum absolute atomic E-state index is 8.74. The standard InChI is InChI=1S/C15H22N2/c1-4-5-6-7-10-15(2,3)14-9-8-13(11-16)12-17-14/h8-9,12H,4-7,10H2,1-3H3. The Morgan fingerprint density at radius 3 is 2.53 bits per heavy atom. The highest BCUT2D eigenvalue weighted by atomic mass is 14.7. The zero-order chi connectivity index (χ0) is 12.7. The van der Waals surface area contributed by atoms with Gasteiger partial charge in [-0.3, -0.25) is 4.98 Å². The Bertz CT molecular complexity index is 371. The fraction of sp³-hybridized carbons (Fsp3) is 0.600. The van der Waals surface area contributed by atoms with Crippen LogP contribution in [0.25, 0.3) is 0 Å². The Morgan fingerprint density at radius 2 is 2.00 bits per heavy atom. The Labute approximate surface area is 105 Å². The molecule has 0 fully saturated rings. The van der Waals surface area contributed by atoms with Crippen molar-refractivity contribution in [3.63, 3.8) is 0 Å². The van der Waals surface area contributed by atoms with Crippen LogP contribution in [0.2, 0.25) is 0 Å². The molecule has 0 atom stereocenters. The van der Waals surface area contributed by atoms with E-state index in [4.69, 9.17) is 5.26 Å². The van der Waals surface area contributed by atoms with E-state index in [0.717, 1.165) is 12.1 Å². The Kier molecular flexibility index (Phi) is 5.15. The molecule has 0 bridgehead atoms. The van der Waals surface area contributed by atoms with Gasteiger partial charge in [0, 0.05) is 17.3 Å². The molecule has 0 N–H and O–H groups in total. The molecule has 0 aromatic carbocycles. The summed E-state index contributed by atoms with van der Waals surface area (Å²) in [6.07, 6.45) is 7.97. The highest BCUT2D eigenvalue weighted by Gasteiger charge is 2.21. The van der Waals surface area contributed by atoms with Gasteiger partial charge in [-0.25, -0.2) is 0 Å². The number of rotatable bonds is 6. The monoisotopic (exact) mass is 230 g/mol. The molecular formula is C15H22N2. The second-order valence-electron chi connectivity index (χ2n) is 5.24. The van der Waals surface area contributed by atoms with Gasteiger partial charge in [-0.1, -0.05) is 46.5 Å². The van der Waals surface area contributed by atoms with Crippen LogP contribution in [-0.4, -0.2) is 4.98 Å². The Balaban J connectivity index is 2.59. The van der Waals surface area contributed by atoms with E-state index in [1.165, 1.54) is 25.7 Å². The van der Waals surface area contributed by atoms with Crippen LogP contribution in [0.15, 0.2) is 18.3 Å². The highest BCUT2D eigenvalue weighted by Crippen LogP contribution is 2.27. The first-order valence-electron chi connectivity index (χ1n) is 6.47. The smallest absolute Gasteiger partial charge is 0.101 e. The lowest BCUT2D eigenvalue weighted by Gasteiger charge is -2.24. The molecule has 0 radical (unpaired) electrons. The summed E-state index contributed by atoms with van der Waals surface area (Å²) in [5, 5.41) is 8.74. The number of hydrogen-bond acceptors (Lipinski definition) is 2. The Hall–Kier alpha value is -1.36. The van der Waals surface area contributed by atoms with Gasteiger partial charge >= 0.3 is 0 Å². The van der Waals surface area contributed by atoms with Gasteiger partial charge in [0.15, 0.2) is 0 Å². The minimum absolute atomic E-state index is 0.113. The third kappa shape index (κ3) is 4.19. The van der Waals surface area contributed by atoms with Crippen LogP contribution in [0.3, 0.4) is 0 Å². The summed E-state index contributed by atoms with van der Waals surface area (Å²) in [7, 11) is 0. The van der Waals surface area contributed by atoms with E-state index >= 15 is 0 Å². The minimum Gasteiger partial charge on any atom is -0.259 e. The molecule has 0 aliphatic rings. The normalized spacial score (nSPS) is 11.2. The molecule has 1 aromatic rings. The van der Waals surface area contributed by atoms with Crippen LogP contribution in [0.4, 0.5) is 0 Å². The topological polar surface area (TPSA) is 36.7 Å². The molecule has 0 aliphatic carbocycles. The molecule has 92 valence electrons. The molecule has 1 heterocycles. The summed E-state index contributed by atoms with van der Waals surface area (Å²) < 4.78 is 0. The fourth-order valence-electron chi connectivity index (χ4n) is 1.98. The minimum atomic E-state index is 0.113. The van der Waals surface area contributed by atoms with Gasteiger partial charge in [0.1, 0.15) is 6.07 Å². The van der Waals surface area contributed by atoms with Crippen molar-refractivity contribution < 1.29 is 0 Å². The van der Waals surface area contributed by atoms with Gasteiger partial charge in [0.05, 0.1) is 5.56 Å². The average Bonchev–Trinajstić information content (AvgIpc) is 2.35. The van der Waals surface area contributed by atoms with Gasteiger partial charge in [-0.05, 0) is 18.6 Å². The van der Waals surface area contributed by atoms with E-state index < -0.39 is 0 Å². The van der Waals surface area contributed by atoms with Gasteiger partial charge in [-0.2, -0.15) is 5.26 Å². The molecule has 0 aliphatic heterocycles. The number of nitriles is 1. The lowest BCUT2D eigenvalue weighted by atomic mass is 9.83. The third-order valence-electron chi connectivity index (χ3n) is 3.24. The van der Waals surface area contributed by atoms with Crippen molar-refractivity contribution in [2.24, 2.45) is 0 Å². The van der Waals surface area contributed by atoms with Crippen molar-refractivity contribution in [3.05, 3.63) is 29.6 Å². The molecule has 2 nitrogen and oxygen atoms in total. The van der Waals surface area contributed by atoms with Crippen molar-refractivity contribution in [2.75, 3.05) is 0 Å². The summed E-state index contributed by atoms with van der Waals surface area (Å²) in [4.78, 5) is 4.40. The molecule has 0 spiro atoms. The van der Waals surface area contributed by atoms with E-state index in [1.807, 2.05) is 12.1 Å². The predicted octanol–water partition coefficient (Wildman–Crippen LogP) is 4.20. The largest absolute Gasteiger partial charge is 0.259 e. The summed E-state index contributed by atoms with van der Waals surface area (Å²) in [5.74, 6) is 0. The lowest BCUT2D eigenvalue weighted by molar-refractivity contribution is 0.435. The van der Waals surface area contributed by atoms with Crippen LogP contribution >= 0.6 is 0 Å². The molecule has 0 saturated carbocycles. The maximum atomic E-state index is 8.74. The first-order valence-corrected chi connectivity index (χ1v) is 6.47. The molecule has 1 rings (SSSR count). The second-order valence-corrected chi connectivity index (χ2v) is 5.24. The molecule has 1 aromatic heterocycles. The molecular weight excluding hydrogens is 208 g/mol. The van der Waals surface area contributed by atoms with Gasteiger partial charge < -0.3 is 0 Å². The van der Waals surface area contributed by atoms with Gasteiger partial charge in [0.25, 0.3) is 0 Å². The SMILES string of the molecule is CCCCCCC(C)(C)c1ccc(C#N)cn1. The van der Waals surface area contributed by atoms with E-state index in [2.05, 4.69) is 31.8 Å². The fourth-order valence-corrected chi connectivity index (χ4v) is 1.98. The molecule has 0 amide bonds. The quantitative estimate of drug-likeness (QED) is 0.687. The van der Waals surface area contributed by atoms with Crippen LogP contribution in [0.1, 0.15) is 64.1 Å². The average molecular weight is 230 g/mol. The molecule has 17 heavy (non-hydrogen) atoms. The van der Waals surface area contributed by atoms with E-state index in [-0.39, 0.29) is 5.41 Å². The van der Waals surface area contributed by atoms with Crippen LogP contribution in [0.5, 0.6) is 0 Å². The van der Waals surface area contributed by atoms with Crippen molar-refractivity contribution >= 4 is 0 Å². The predicted molar refractivity (Wildman–Crippen MR) is 70.7 cm³/mol. The van der Waals surface area contributed by atoms with Crippen molar-refractivity contribution in [1.82, 2.24) is 4.98 Å². The van der Waals surface area contributed by atoms with E-state index in [0.29, 0.717) is 5.56 Å². The number of unbranched alkanes of at least 4 members (excludes halogenated alkanes) is 3. The number of hydrogen-bond donors (Lipinski definition) is 0. The van der Waals surface area contributed by atoms with Crippen LogP contribution < -0.4 is 0 Å². The van der Waals surface area contributed by atoms with Crippen molar-refractivity contribution in [1.29, 1.82) is 5.26 Å². The van der Waals surface area contributed by atoms with E-state index in [1.54, 1.807) is 6.20 Å². The first-order chi connectivity index (χ1) is 8.10. The third-order valence-corrected chi connectivity index (χ3v) is 3.24. The molecule has 0 saturated heterocycles. The molecule has 2 heteroatoms. The second kappa shape index (κ2) is 6.39. The number of pyridine rings is 1. The van der Waals surface area contributed by atoms with Gasteiger partial charge in [-0.15, -0.1) is 0 Å². The lowest BCUT2D eigenvalue weighted by Crippen LogP contribution is -2.18. The number of aromatic nitrogens is 1.